The van der Waals surface area contributed by atoms with Crippen LogP contribution in [0.4, 0.5) is 11.6 Å². The normalized spacial score (nSPS) is 19.5. The van der Waals surface area contributed by atoms with Gasteiger partial charge in [0.05, 0.1) is 0 Å². The van der Waals surface area contributed by atoms with Crippen LogP contribution in [0.2, 0.25) is 3.86 Å². The van der Waals surface area contributed by atoms with Crippen molar-refractivity contribution in [2.75, 3.05) is 43.9 Å². The molecule has 0 bridgehead atoms. The van der Waals surface area contributed by atoms with Crippen molar-refractivity contribution in [1.29, 1.82) is 0 Å². The average molecular weight is 604 g/mol. The summed E-state index contributed by atoms with van der Waals surface area (Å²) in [6.07, 6.45) is 7.97. The summed E-state index contributed by atoms with van der Waals surface area (Å²) in [7, 11) is 2.16. The topological polar surface area (TPSA) is 71.2 Å². The van der Waals surface area contributed by atoms with E-state index in [-0.39, 0.29) is 0 Å². The third-order valence-corrected chi connectivity index (χ3v) is 22.1. The molecule has 0 atom stereocenters. The van der Waals surface area contributed by atoms with Gasteiger partial charge < -0.3 is 4.90 Å². The van der Waals surface area contributed by atoms with E-state index >= 15 is 0 Å². The van der Waals surface area contributed by atoms with Crippen LogP contribution in [-0.4, -0.2) is 71.9 Å². The van der Waals surface area contributed by atoms with Gasteiger partial charge in [-0.15, -0.1) is 0 Å². The maximum atomic E-state index is 6.97. The summed E-state index contributed by atoms with van der Waals surface area (Å²) in [6.45, 7) is 3.98. The number of aromatic nitrogens is 3. The van der Waals surface area contributed by atoms with Gasteiger partial charge in [-0.2, -0.15) is 0 Å². The summed E-state index contributed by atoms with van der Waals surface area (Å²) in [5.41, 5.74) is 12.1. The number of anilines is 2. The molecule has 6 nitrogen and oxygen atoms in total. The van der Waals surface area contributed by atoms with E-state index in [1.807, 2.05) is 23.7 Å². The number of fused-ring (bicyclic) bond motifs is 1. The second-order valence-corrected chi connectivity index (χ2v) is 21.9. The van der Waals surface area contributed by atoms with Gasteiger partial charge in [0.2, 0.25) is 0 Å². The number of hydrogen-bond donors (Lipinski definition) is 1. The van der Waals surface area contributed by atoms with Crippen molar-refractivity contribution in [3.63, 3.8) is 0 Å². The molecule has 4 aromatic rings. The fraction of sp³-hybridized carbons (Fsp3) is 0.321. The van der Waals surface area contributed by atoms with E-state index in [0.717, 1.165) is 68.7 Å². The summed E-state index contributed by atoms with van der Waals surface area (Å²) in [5, 5.41) is 1.13. The molecule has 3 aromatic heterocycles. The molecule has 1 saturated heterocycles. The summed E-state index contributed by atoms with van der Waals surface area (Å²) >= 11 is -0.556. The van der Waals surface area contributed by atoms with E-state index in [2.05, 4.69) is 61.3 Å². The Labute approximate surface area is 219 Å². The van der Waals surface area contributed by atoms with Crippen LogP contribution in [0.3, 0.4) is 0 Å². The third kappa shape index (κ3) is 3.75. The molecule has 2 aliphatic heterocycles. The SMILES string of the molecule is CN1CCN(c2ncc(-c3cc(-c4ccccc4)c4c(N)[c]([Sb]5([CH]6CCC6)[CH]=[CH]5)sc4n3)cn2)CC1. The molecule has 2 fully saturated rings. The van der Waals surface area contributed by atoms with Crippen molar-refractivity contribution in [2.24, 2.45) is 0 Å². The maximum absolute atomic E-state index is 6.97. The van der Waals surface area contributed by atoms with Crippen molar-refractivity contribution in [3.8, 4) is 22.4 Å². The zero-order chi connectivity index (χ0) is 24.3. The van der Waals surface area contributed by atoms with Crippen LogP contribution in [0.5, 0.6) is 0 Å². The fourth-order valence-corrected chi connectivity index (χ4v) is 21.6. The first kappa shape index (κ1) is 22.7. The minimum absolute atomic E-state index is 0.801. The number of rotatable bonds is 5. The van der Waals surface area contributed by atoms with Crippen LogP contribution in [0, 0.1) is 0 Å². The number of likely N-dealkylation sites (N-methyl/N-ethyl adjacent to an activating group) is 1. The minimum atomic E-state index is -2.41. The van der Waals surface area contributed by atoms with Gasteiger partial charge >= 0.3 is 209 Å². The van der Waals surface area contributed by atoms with Crippen LogP contribution >= 0.6 is 11.3 Å². The van der Waals surface area contributed by atoms with Gasteiger partial charge in [-0.1, -0.05) is 0 Å². The van der Waals surface area contributed by atoms with E-state index in [1.54, 1.807) is 0 Å². The zero-order valence-electron chi connectivity index (χ0n) is 20.5. The van der Waals surface area contributed by atoms with Gasteiger partial charge in [-0.25, -0.2) is 0 Å². The zero-order valence-corrected chi connectivity index (χ0v) is 23.8. The van der Waals surface area contributed by atoms with Gasteiger partial charge in [0.15, 0.2) is 0 Å². The molecule has 8 heteroatoms. The fourth-order valence-electron chi connectivity index (χ4n) is 5.44. The number of hydrogen-bond acceptors (Lipinski definition) is 7. The molecule has 183 valence electrons. The molecule has 7 rings (SSSR count). The van der Waals surface area contributed by atoms with Gasteiger partial charge in [0, 0.05) is 0 Å². The van der Waals surface area contributed by atoms with E-state index in [9.17, 15) is 0 Å². The number of benzene rings is 1. The molecular formula is C28H30N6SSb. The third-order valence-electron chi connectivity index (χ3n) is 7.99. The first-order valence-electron chi connectivity index (χ1n) is 12.8. The predicted octanol–water partition coefficient (Wildman–Crippen LogP) is 4.61. The molecule has 2 N–H and O–H groups in total. The van der Waals surface area contributed by atoms with Crippen LogP contribution in [0.25, 0.3) is 32.6 Å². The number of nitrogen functional groups attached to an aromatic ring is 1. The van der Waals surface area contributed by atoms with Gasteiger partial charge in [0.25, 0.3) is 0 Å². The van der Waals surface area contributed by atoms with Gasteiger partial charge in [-0.3, -0.25) is 0 Å². The summed E-state index contributed by atoms with van der Waals surface area (Å²) < 4.78 is 7.46. The second kappa shape index (κ2) is 8.83. The number of nitrogens with zero attached hydrogens (tertiary/aromatic N) is 5. The van der Waals surface area contributed by atoms with Crippen LogP contribution in [-0.2, 0) is 0 Å². The van der Waals surface area contributed by atoms with Crippen LogP contribution in [0.15, 0.2) is 56.8 Å². The molecule has 3 aliphatic rings. The predicted molar refractivity (Wildman–Crippen MR) is 152 cm³/mol. The van der Waals surface area contributed by atoms with Crippen molar-refractivity contribution in [3.05, 3.63) is 56.8 Å². The van der Waals surface area contributed by atoms with Crippen LogP contribution < -0.4 is 13.5 Å². The Hall–Kier alpha value is -2.47. The Balaban J connectivity index is 1.32. The van der Waals surface area contributed by atoms with Crippen molar-refractivity contribution in [2.45, 2.75) is 23.1 Å². The molecule has 36 heavy (non-hydrogen) atoms. The van der Waals surface area contributed by atoms with E-state index in [1.165, 1.54) is 27.6 Å². The van der Waals surface area contributed by atoms with E-state index in [4.69, 9.17) is 20.7 Å². The number of piperazine rings is 1. The first-order valence-corrected chi connectivity index (χ1v) is 19.3. The number of thiophene rings is 1. The number of nitrogens with two attached hydrogens (primary N) is 1. The molecule has 1 aliphatic carbocycles. The quantitative estimate of drug-likeness (QED) is 0.336. The van der Waals surface area contributed by atoms with Gasteiger partial charge in [0.1, 0.15) is 0 Å². The molecule has 0 spiro atoms. The summed E-state index contributed by atoms with van der Waals surface area (Å²) in [4.78, 5) is 20.3. The van der Waals surface area contributed by atoms with E-state index in [0.29, 0.717) is 0 Å². The number of pyridine rings is 1. The first-order chi connectivity index (χ1) is 17.6. The monoisotopic (exact) mass is 603 g/mol. The molecule has 5 heterocycles. The van der Waals surface area contributed by atoms with Gasteiger partial charge in [-0.05, 0) is 7.05 Å². The standard InChI is InChI=1S/C22H21N6S.C4H7.C2H2.Sb/c1-27-7-9-28(10-8-27)22-24-12-16(13-25-22)19-11-17(15-5-3-2-4-6-15)20-18(23)14-29-21(20)26-19;1-2-4-3-1;1-2;/h2-6,11-13H,7-10,23H2,1H3;1H,2-4H2;1-2H;. The van der Waals surface area contributed by atoms with Crippen molar-refractivity contribution >= 4 is 54.8 Å². The molecule has 0 unspecified atom stereocenters. The molecule has 1 saturated carbocycles. The Morgan fingerprint density at radius 2 is 1.69 bits per heavy atom. The van der Waals surface area contributed by atoms with Crippen molar-refractivity contribution < 1.29 is 0 Å². The van der Waals surface area contributed by atoms with E-state index < -0.39 is 18.8 Å². The molecule has 1 aromatic carbocycles. The molecule has 0 amide bonds. The van der Waals surface area contributed by atoms with Crippen LogP contribution in [0.1, 0.15) is 19.3 Å². The second-order valence-electron chi connectivity index (χ2n) is 10.2. The molecule has 1 radical (unpaired) electrons. The summed E-state index contributed by atoms with van der Waals surface area (Å²) in [5.74, 6) is 0.801. The Morgan fingerprint density at radius 1 is 0.972 bits per heavy atom. The Bertz CT molecular complexity index is 1450. The Morgan fingerprint density at radius 3 is 2.33 bits per heavy atom. The Kier molecular flexibility index (Phi) is 5.57. The molecular weight excluding hydrogens is 574 g/mol. The average Bonchev–Trinajstić information content (AvgIpc) is 3.59. The summed E-state index contributed by atoms with van der Waals surface area (Å²) in [6, 6.07) is 12.8. The van der Waals surface area contributed by atoms with Crippen molar-refractivity contribution in [1.82, 2.24) is 19.9 Å².